The third-order valence-electron chi connectivity index (χ3n) is 3.77. The van der Waals surface area contributed by atoms with Crippen molar-refractivity contribution in [3.63, 3.8) is 0 Å². The molecule has 1 aliphatic rings. The van der Waals surface area contributed by atoms with Crippen molar-refractivity contribution in [2.45, 2.75) is 51.7 Å². The topological polar surface area (TPSA) is 18.5 Å². The molecule has 0 aliphatic carbocycles. The maximum atomic E-state index is 6.39. The van der Waals surface area contributed by atoms with Gasteiger partial charge in [-0.2, -0.15) is 0 Å². The SMILES string of the molecule is CCCc1ccc(C2(C(C)Cl)OCC(C)(C)CO2)cc1. The molecule has 1 aliphatic heterocycles. The van der Waals surface area contributed by atoms with Gasteiger partial charge < -0.3 is 9.47 Å². The summed E-state index contributed by atoms with van der Waals surface area (Å²) in [7, 11) is 0. The number of ether oxygens (including phenoxy) is 2. The Kier molecular flexibility index (Phi) is 4.78. The van der Waals surface area contributed by atoms with Crippen molar-refractivity contribution >= 4 is 11.6 Å². The lowest BCUT2D eigenvalue weighted by Crippen LogP contribution is -2.49. The summed E-state index contributed by atoms with van der Waals surface area (Å²) in [4.78, 5) is 0. The number of alkyl halides is 1. The van der Waals surface area contributed by atoms with E-state index < -0.39 is 5.79 Å². The minimum absolute atomic E-state index is 0.0391. The van der Waals surface area contributed by atoms with Gasteiger partial charge in [-0.15, -0.1) is 11.6 Å². The fraction of sp³-hybridized carbons (Fsp3) is 0.647. The summed E-state index contributed by atoms with van der Waals surface area (Å²) >= 11 is 6.39. The van der Waals surface area contributed by atoms with E-state index >= 15 is 0 Å². The third-order valence-corrected chi connectivity index (χ3v) is 4.06. The van der Waals surface area contributed by atoms with Crippen LogP contribution in [-0.4, -0.2) is 18.6 Å². The van der Waals surface area contributed by atoms with Crippen LogP contribution in [0.25, 0.3) is 0 Å². The van der Waals surface area contributed by atoms with Crippen molar-refractivity contribution in [2.75, 3.05) is 13.2 Å². The van der Waals surface area contributed by atoms with Crippen molar-refractivity contribution in [3.05, 3.63) is 35.4 Å². The van der Waals surface area contributed by atoms with Gasteiger partial charge in [0.15, 0.2) is 0 Å². The molecule has 1 heterocycles. The largest absolute Gasteiger partial charge is 0.344 e. The molecule has 2 nitrogen and oxygen atoms in total. The lowest BCUT2D eigenvalue weighted by atomic mass is 9.92. The lowest BCUT2D eigenvalue weighted by molar-refractivity contribution is -0.307. The van der Waals surface area contributed by atoms with E-state index in [1.807, 2.05) is 6.92 Å². The Balaban J connectivity index is 2.25. The molecule has 1 aromatic carbocycles. The fourth-order valence-electron chi connectivity index (χ4n) is 2.51. The van der Waals surface area contributed by atoms with Gasteiger partial charge in [-0.05, 0) is 18.9 Å². The van der Waals surface area contributed by atoms with E-state index in [-0.39, 0.29) is 10.8 Å². The van der Waals surface area contributed by atoms with Crippen LogP contribution in [-0.2, 0) is 21.7 Å². The van der Waals surface area contributed by atoms with E-state index in [2.05, 4.69) is 45.0 Å². The van der Waals surface area contributed by atoms with Gasteiger partial charge in [-0.3, -0.25) is 0 Å². The minimum Gasteiger partial charge on any atom is -0.344 e. The molecule has 0 N–H and O–H groups in total. The van der Waals surface area contributed by atoms with Gasteiger partial charge in [0.2, 0.25) is 5.79 Å². The first-order valence-corrected chi connectivity index (χ1v) is 7.85. The first-order valence-electron chi connectivity index (χ1n) is 7.41. The van der Waals surface area contributed by atoms with Crippen LogP contribution in [0.1, 0.15) is 45.2 Å². The first kappa shape index (κ1) is 15.8. The highest BCUT2D eigenvalue weighted by molar-refractivity contribution is 6.21. The van der Waals surface area contributed by atoms with E-state index in [1.165, 1.54) is 5.56 Å². The number of rotatable bonds is 4. The molecule has 1 fully saturated rings. The Morgan fingerprint density at radius 2 is 1.70 bits per heavy atom. The number of hydrogen-bond acceptors (Lipinski definition) is 2. The fourth-order valence-corrected chi connectivity index (χ4v) is 2.76. The Morgan fingerprint density at radius 3 is 2.15 bits per heavy atom. The second-order valence-electron chi connectivity index (χ2n) is 6.47. The molecular formula is C17H25ClO2. The van der Waals surface area contributed by atoms with Crippen molar-refractivity contribution in [3.8, 4) is 0 Å². The van der Waals surface area contributed by atoms with Gasteiger partial charge in [0.1, 0.15) is 0 Å². The second-order valence-corrected chi connectivity index (χ2v) is 7.13. The van der Waals surface area contributed by atoms with Crippen LogP contribution in [0.5, 0.6) is 0 Å². The number of benzene rings is 1. The predicted molar refractivity (Wildman–Crippen MR) is 83.1 cm³/mol. The molecular weight excluding hydrogens is 272 g/mol. The molecule has 112 valence electrons. The van der Waals surface area contributed by atoms with Crippen molar-refractivity contribution in [2.24, 2.45) is 5.41 Å². The molecule has 1 atom stereocenters. The average Bonchev–Trinajstić information content (AvgIpc) is 2.40. The van der Waals surface area contributed by atoms with E-state index in [1.54, 1.807) is 0 Å². The quantitative estimate of drug-likeness (QED) is 0.762. The summed E-state index contributed by atoms with van der Waals surface area (Å²) in [6.07, 6.45) is 2.25. The molecule has 1 unspecified atom stereocenters. The monoisotopic (exact) mass is 296 g/mol. The van der Waals surface area contributed by atoms with Gasteiger partial charge in [-0.25, -0.2) is 0 Å². The molecule has 0 amide bonds. The van der Waals surface area contributed by atoms with Crippen LogP contribution in [0.15, 0.2) is 24.3 Å². The Bertz CT molecular complexity index is 427. The summed E-state index contributed by atoms with van der Waals surface area (Å²) in [5.41, 5.74) is 2.39. The highest BCUT2D eigenvalue weighted by atomic mass is 35.5. The zero-order valence-electron chi connectivity index (χ0n) is 12.9. The summed E-state index contributed by atoms with van der Waals surface area (Å²) in [5, 5.41) is -0.240. The van der Waals surface area contributed by atoms with Gasteiger partial charge in [0.25, 0.3) is 0 Å². The summed E-state index contributed by atoms with van der Waals surface area (Å²) in [5.74, 6) is -0.818. The molecule has 0 radical (unpaired) electrons. The smallest absolute Gasteiger partial charge is 0.211 e. The molecule has 2 rings (SSSR count). The molecule has 0 spiro atoms. The maximum absolute atomic E-state index is 6.39. The predicted octanol–water partition coefficient (Wildman–Crippen LogP) is 4.49. The standard InChI is InChI=1S/C17H25ClO2/c1-5-6-14-7-9-15(10-8-14)17(13(2)18)19-11-16(3,4)12-20-17/h7-10,13H,5-6,11-12H2,1-4H3. The van der Waals surface area contributed by atoms with Crippen LogP contribution in [0.4, 0.5) is 0 Å². The summed E-state index contributed by atoms with van der Waals surface area (Å²) < 4.78 is 12.1. The minimum atomic E-state index is -0.818. The molecule has 1 aromatic rings. The zero-order valence-corrected chi connectivity index (χ0v) is 13.7. The summed E-state index contributed by atoms with van der Waals surface area (Å²) in [6.45, 7) is 9.70. The van der Waals surface area contributed by atoms with Gasteiger partial charge >= 0.3 is 0 Å². The molecule has 0 bridgehead atoms. The molecule has 20 heavy (non-hydrogen) atoms. The van der Waals surface area contributed by atoms with E-state index in [9.17, 15) is 0 Å². The lowest BCUT2D eigenvalue weighted by Gasteiger charge is -2.45. The van der Waals surface area contributed by atoms with Crippen molar-refractivity contribution < 1.29 is 9.47 Å². The van der Waals surface area contributed by atoms with E-state index in [4.69, 9.17) is 21.1 Å². The van der Waals surface area contributed by atoms with Crippen molar-refractivity contribution in [1.29, 1.82) is 0 Å². The molecule has 3 heteroatoms. The van der Waals surface area contributed by atoms with Crippen LogP contribution in [0, 0.1) is 5.41 Å². The summed E-state index contributed by atoms with van der Waals surface area (Å²) in [6, 6.07) is 8.46. The van der Waals surface area contributed by atoms with E-state index in [0.29, 0.717) is 13.2 Å². The number of hydrogen-bond donors (Lipinski definition) is 0. The van der Waals surface area contributed by atoms with Gasteiger partial charge in [0.05, 0.1) is 18.6 Å². The van der Waals surface area contributed by atoms with Crippen LogP contribution in [0.3, 0.4) is 0 Å². The molecule has 0 saturated carbocycles. The number of halogens is 1. The normalized spacial score (nSPS) is 22.4. The number of aryl methyl sites for hydroxylation is 1. The maximum Gasteiger partial charge on any atom is 0.211 e. The van der Waals surface area contributed by atoms with Crippen molar-refractivity contribution in [1.82, 2.24) is 0 Å². The van der Waals surface area contributed by atoms with Gasteiger partial charge in [-0.1, -0.05) is 51.5 Å². The Morgan fingerprint density at radius 1 is 1.15 bits per heavy atom. The van der Waals surface area contributed by atoms with Crippen LogP contribution in [0.2, 0.25) is 0 Å². The Labute approximate surface area is 127 Å². The highest BCUT2D eigenvalue weighted by Gasteiger charge is 2.45. The molecule has 0 aromatic heterocycles. The Hall–Kier alpha value is -0.570. The molecule has 1 saturated heterocycles. The van der Waals surface area contributed by atoms with Crippen LogP contribution >= 0.6 is 11.6 Å². The average molecular weight is 297 g/mol. The van der Waals surface area contributed by atoms with Gasteiger partial charge in [0, 0.05) is 11.0 Å². The second kappa shape index (κ2) is 6.05. The van der Waals surface area contributed by atoms with Crippen LogP contribution < -0.4 is 0 Å². The first-order chi connectivity index (χ1) is 9.39. The highest BCUT2D eigenvalue weighted by Crippen LogP contribution is 2.41. The zero-order chi connectivity index (χ0) is 14.8. The van der Waals surface area contributed by atoms with E-state index in [0.717, 1.165) is 18.4 Å². The third kappa shape index (κ3) is 3.19.